The molecule has 1 amide bonds. The molecule has 0 saturated carbocycles. The smallest absolute Gasteiger partial charge is 0.251 e. The first kappa shape index (κ1) is 19.7. The van der Waals surface area contributed by atoms with Crippen LogP contribution in [0.5, 0.6) is 11.5 Å². The lowest BCUT2D eigenvalue weighted by atomic mass is 10.1. The van der Waals surface area contributed by atoms with E-state index in [4.69, 9.17) is 9.47 Å². The molecule has 26 heavy (non-hydrogen) atoms. The van der Waals surface area contributed by atoms with Gasteiger partial charge in [0.05, 0.1) is 25.2 Å². The van der Waals surface area contributed by atoms with Gasteiger partial charge in [-0.15, -0.1) is 0 Å². The molecule has 1 atom stereocenters. The zero-order chi connectivity index (χ0) is 19.3. The zero-order valence-corrected chi connectivity index (χ0v) is 15.9. The summed E-state index contributed by atoms with van der Waals surface area (Å²) in [5.74, 6) is 0.879. The molecule has 2 aromatic carbocycles. The molecule has 0 saturated heterocycles. The summed E-state index contributed by atoms with van der Waals surface area (Å²) in [6, 6.07) is 10.9. The molecule has 2 N–H and O–H groups in total. The lowest BCUT2D eigenvalue weighted by molar-refractivity contribution is 0.0939. The largest absolute Gasteiger partial charge is 0.493 e. The van der Waals surface area contributed by atoms with Gasteiger partial charge in [0.1, 0.15) is 0 Å². The van der Waals surface area contributed by atoms with Crippen LogP contribution in [0, 0.1) is 0 Å². The van der Waals surface area contributed by atoms with Crippen LogP contribution in [-0.4, -0.2) is 35.6 Å². The molecule has 8 heteroatoms. The molecular weight excluding hydrogens is 356 g/mol. The minimum Gasteiger partial charge on any atom is -0.493 e. The first-order valence-corrected chi connectivity index (χ1v) is 9.37. The van der Waals surface area contributed by atoms with Crippen LogP contribution >= 0.6 is 0 Å². The maximum absolute atomic E-state index is 12.4. The molecular formula is C18H22N2O5S. The fraction of sp³-hybridized carbons (Fsp3) is 0.278. The van der Waals surface area contributed by atoms with Gasteiger partial charge in [-0.1, -0.05) is 6.07 Å². The molecule has 0 aliphatic carbocycles. The van der Waals surface area contributed by atoms with Crippen LogP contribution in [0.25, 0.3) is 0 Å². The summed E-state index contributed by atoms with van der Waals surface area (Å²) in [6.07, 6.45) is 0. The predicted molar refractivity (Wildman–Crippen MR) is 98.1 cm³/mol. The molecule has 0 aromatic heterocycles. The Morgan fingerprint density at radius 3 is 2.15 bits per heavy atom. The zero-order valence-electron chi connectivity index (χ0n) is 15.1. The summed E-state index contributed by atoms with van der Waals surface area (Å²) < 4.78 is 36.2. The van der Waals surface area contributed by atoms with Crippen molar-refractivity contribution in [1.82, 2.24) is 10.0 Å². The van der Waals surface area contributed by atoms with Crippen molar-refractivity contribution in [2.45, 2.75) is 17.9 Å². The third kappa shape index (κ3) is 4.33. The first-order chi connectivity index (χ1) is 12.3. The average molecular weight is 378 g/mol. The van der Waals surface area contributed by atoms with E-state index in [1.807, 2.05) is 13.0 Å². The van der Waals surface area contributed by atoms with Gasteiger partial charge in [0, 0.05) is 5.56 Å². The Morgan fingerprint density at radius 2 is 1.62 bits per heavy atom. The number of hydrogen-bond donors (Lipinski definition) is 2. The van der Waals surface area contributed by atoms with E-state index < -0.39 is 10.0 Å². The topological polar surface area (TPSA) is 93.7 Å². The highest BCUT2D eigenvalue weighted by molar-refractivity contribution is 7.89. The molecule has 0 aliphatic rings. The minimum absolute atomic E-state index is 0.101. The number of hydrogen-bond acceptors (Lipinski definition) is 5. The maximum atomic E-state index is 12.4. The fourth-order valence-corrected chi connectivity index (χ4v) is 3.12. The van der Waals surface area contributed by atoms with E-state index in [1.165, 1.54) is 31.3 Å². The second kappa shape index (κ2) is 8.20. The summed E-state index contributed by atoms with van der Waals surface area (Å²) in [5, 5.41) is 2.87. The van der Waals surface area contributed by atoms with Crippen LogP contribution in [-0.2, 0) is 10.0 Å². The summed E-state index contributed by atoms with van der Waals surface area (Å²) >= 11 is 0. The number of carbonyl (C=O) groups is 1. The van der Waals surface area contributed by atoms with E-state index in [9.17, 15) is 13.2 Å². The van der Waals surface area contributed by atoms with Crippen molar-refractivity contribution in [1.29, 1.82) is 0 Å². The van der Waals surface area contributed by atoms with Gasteiger partial charge in [-0.3, -0.25) is 4.79 Å². The standard InChI is InChI=1S/C18H22N2O5S/c1-12(14-7-10-16(24-3)17(11-14)25-4)20-18(21)13-5-8-15(9-6-13)26(22,23)19-2/h5-12,19H,1-4H3,(H,20,21). The molecule has 0 heterocycles. The van der Waals surface area contributed by atoms with Crippen LogP contribution in [0.1, 0.15) is 28.9 Å². The highest BCUT2D eigenvalue weighted by Gasteiger charge is 2.16. The SMILES string of the molecule is CNS(=O)(=O)c1ccc(C(=O)NC(C)c2ccc(OC)c(OC)c2)cc1. The quantitative estimate of drug-likeness (QED) is 0.770. The van der Waals surface area contributed by atoms with Crippen molar-refractivity contribution in [3.63, 3.8) is 0 Å². The van der Waals surface area contributed by atoms with E-state index in [1.54, 1.807) is 26.4 Å². The number of benzene rings is 2. The number of carbonyl (C=O) groups excluding carboxylic acids is 1. The number of amides is 1. The van der Waals surface area contributed by atoms with Crippen LogP contribution in [0.2, 0.25) is 0 Å². The Bertz CT molecular complexity index is 879. The Labute approximate surface area is 153 Å². The van der Waals surface area contributed by atoms with Crippen molar-refractivity contribution in [3.8, 4) is 11.5 Å². The Balaban J connectivity index is 2.14. The van der Waals surface area contributed by atoms with Crippen molar-refractivity contribution in [2.24, 2.45) is 0 Å². The third-order valence-electron chi connectivity index (χ3n) is 3.95. The van der Waals surface area contributed by atoms with Crippen molar-refractivity contribution < 1.29 is 22.7 Å². The van der Waals surface area contributed by atoms with Gasteiger partial charge in [-0.2, -0.15) is 0 Å². The lowest BCUT2D eigenvalue weighted by Crippen LogP contribution is -2.26. The molecule has 0 radical (unpaired) electrons. The van der Waals surface area contributed by atoms with E-state index >= 15 is 0 Å². The number of sulfonamides is 1. The number of rotatable bonds is 7. The number of nitrogens with one attached hydrogen (secondary N) is 2. The Hall–Kier alpha value is -2.58. The third-order valence-corrected chi connectivity index (χ3v) is 5.38. The highest BCUT2D eigenvalue weighted by Crippen LogP contribution is 2.30. The van der Waals surface area contributed by atoms with Crippen molar-refractivity contribution in [2.75, 3.05) is 21.3 Å². The summed E-state index contributed by atoms with van der Waals surface area (Å²) in [5.41, 5.74) is 1.22. The average Bonchev–Trinajstić information content (AvgIpc) is 2.67. The molecule has 0 spiro atoms. The van der Waals surface area contributed by atoms with Gasteiger partial charge in [0.2, 0.25) is 10.0 Å². The van der Waals surface area contributed by atoms with Crippen molar-refractivity contribution in [3.05, 3.63) is 53.6 Å². The van der Waals surface area contributed by atoms with Crippen molar-refractivity contribution >= 4 is 15.9 Å². The Morgan fingerprint density at radius 1 is 1.00 bits per heavy atom. The molecule has 7 nitrogen and oxygen atoms in total. The molecule has 0 fully saturated rings. The van der Waals surface area contributed by atoms with Gasteiger partial charge in [0.15, 0.2) is 11.5 Å². The second-order valence-electron chi connectivity index (χ2n) is 5.54. The normalized spacial score (nSPS) is 12.3. The van der Waals surface area contributed by atoms with Crippen LogP contribution in [0.15, 0.2) is 47.4 Å². The first-order valence-electron chi connectivity index (χ1n) is 7.88. The van der Waals surface area contributed by atoms with E-state index in [0.717, 1.165) is 5.56 Å². The number of methoxy groups -OCH3 is 2. The van der Waals surface area contributed by atoms with Crippen LogP contribution < -0.4 is 19.5 Å². The highest BCUT2D eigenvalue weighted by atomic mass is 32.2. The monoisotopic (exact) mass is 378 g/mol. The molecule has 2 aromatic rings. The van der Waals surface area contributed by atoms with Gasteiger partial charge in [0.25, 0.3) is 5.91 Å². The maximum Gasteiger partial charge on any atom is 0.251 e. The van der Waals surface area contributed by atoms with E-state index in [0.29, 0.717) is 17.1 Å². The van der Waals surface area contributed by atoms with Gasteiger partial charge < -0.3 is 14.8 Å². The van der Waals surface area contributed by atoms with E-state index in [-0.39, 0.29) is 16.8 Å². The molecule has 2 rings (SSSR count). The molecule has 1 unspecified atom stereocenters. The molecule has 0 bridgehead atoms. The Kier molecular flexibility index (Phi) is 6.23. The van der Waals surface area contributed by atoms with Gasteiger partial charge in [-0.25, -0.2) is 13.1 Å². The van der Waals surface area contributed by atoms with Crippen LogP contribution in [0.3, 0.4) is 0 Å². The van der Waals surface area contributed by atoms with Crippen LogP contribution in [0.4, 0.5) is 0 Å². The summed E-state index contributed by atoms with van der Waals surface area (Å²) in [6.45, 7) is 1.85. The second-order valence-corrected chi connectivity index (χ2v) is 7.43. The minimum atomic E-state index is -3.53. The molecule has 0 aliphatic heterocycles. The fourth-order valence-electron chi connectivity index (χ4n) is 2.39. The van der Waals surface area contributed by atoms with E-state index in [2.05, 4.69) is 10.0 Å². The lowest BCUT2D eigenvalue weighted by Gasteiger charge is -2.16. The summed E-state index contributed by atoms with van der Waals surface area (Å²) in [4.78, 5) is 12.5. The summed E-state index contributed by atoms with van der Waals surface area (Å²) in [7, 11) is 0.909. The van der Waals surface area contributed by atoms with Gasteiger partial charge >= 0.3 is 0 Å². The predicted octanol–water partition coefficient (Wildman–Crippen LogP) is 2.10. The number of ether oxygens (including phenoxy) is 2. The molecule has 140 valence electrons. The van der Waals surface area contributed by atoms with Gasteiger partial charge in [-0.05, 0) is 55.9 Å².